The minimum absolute atomic E-state index is 0.0210. The lowest BCUT2D eigenvalue weighted by Crippen LogP contribution is -2.46. The highest BCUT2D eigenvalue weighted by Crippen LogP contribution is 2.39. The molecule has 1 N–H and O–H groups in total. The molecule has 5 rings (SSSR count). The lowest BCUT2D eigenvalue weighted by atomic mass is 9.84. The molecule has 1 aliphatic carbocycles. The van der Waals surface area contributed by atoms with E-state index in [1.807, 2.05) is 18.2 Å². The highest BCUT2D eigenvalue weighted by Gasteiger charge is 2.41. The highest BCUT2D eigenvalue weighted by atomic mass is 35.5. The van der Waals surface area contributed by atoms with Crippen molar-refractivity contribution in [3.05, 3.63) is 52.5 Å². The number of sulfonamides is 1. The lowest BCUT2D eigenvalue weighted by molar-refractivity contribution is -0.122. The van der Waals surface area contributed by atoms with Gasteiger partial charge in [0.2, 0.25) is 5.91 Å². The summed E-state index contributed by atoms with van der Waals surface area (Å²) < 4.78 is 61.6. The number of nitrogens with zero attached hydrogens (tertiary/aromatic N) is 1. The van der Waals surface area contributed by atoms with E-state index in [1.54, 1.807) is 19.1 Å². The number of anilines is 1. The van der Waals surface area contributed by atoms with Gasteiger partial charge in [0.05, 0.1) is 21.6 Å². The molecule has 3 aliphatic rings. The van der Waals surface area contributed by atoms with Crippen molar-refractivity contribution < 1.29 is 26.4 Å². The third kappa shape index (κ3) is 6.44. The number of benzene rings is 2. The van der Waals surface area contributed by atoms with Crippen molar-refractivity contribution in [2.24, 2.45) is 11.8 Å². The average molecular weight is 609 g/mol. The summed E-state index contributed by atoms with van der Waals surface area (Å²) in [6.45, 7) is 3.06. The molecule has 8 nitrogen and oxygen atoms in total. The highest BCUT2D eigenvalue weighted by molar-refractivity contribution is 7.92. The van der Waals surface area contributed by atoms with Crippen molar-refractivity contribution in [3.63, 3.8) is 0 Å². The summed E-state index contributed by atoms with van der Waals surface area (Å²) in [6.07, 6.45) is 5.41. The summed E-state index contributed by atoms with van der Waals surface area (Å²) in [6, 6.07) is 10.4. The third-order valence-corrected chi connectivity index (χ3v) is 12.5. The van der Waals surface area contributed by atoms with E-state index in [0.29, 0.717) is 55.2 Å². The van der Waals surface area contributed by atoms with E-state index in [1.165, 1.54) is 6.07 Å². The number of ether oxygens (including phenoxy) is 1. The van der Waals surface area contributed by atoms with Gasteiger partial charge in [-0.05, 0) is 92.3 Å². The Morgan fingerprint density at radius 3 is 2.55 bits per heavy atom. The first-order valence-electron chi connectivity index (χ1n) is 14.1. The Morgan fingerprint density at radius 2 is 1.77 bits per heavy atom. The van der Waals surface area contributed by atoms with E-state index in [4.69, 9.17) is 16.3 Å². The van der Waals surface area contributed by atoms with Crippen LogP contribution in [0.4, 0.5) is 5.69 Å². The van der Waals surface area contributed by atoms with Crippen LogP contribution < -0.4 is 14.4 Å². The summed E-state index contributed by atoms with van der Waals surface area (Å²) >= 11 is 6.27. The fourth-order valence-electron chi connectivity index (χ4n) is 5.92. The van der Waals surface area contributed by atoms with Gasteiger partial charge in [0.25, 0.3) is 10.0 Å². The van der Waals surface area contributed by atoms with E-state index in [0.717, 1.165) is 36.8 Å². The maximum Gasteiger partial charge on any atom is 0.264 e. The van der Waals surface area contributed by atoms with E-state index in [-0.39, 0.29) is 23.2 Å². The number of carbonyl (C=O) groups is 1. The lowest BCUT2D eigenvalue weighted by Gasteiger charge is -2.40. The molecule has 2 heterocycles. The standard InChI is InChI=1S/C29H37ClN2O6S2/c1-20-6-3-5-15-39(34,35)28-13-9-22(28)18-32-14-4-2-7-21-16-24(30)10-8-23(21)19-38-27-12-11-25(17-26(27)32)40(36,37)31-29(20)33/h8,10-12,16-17,20,22,28H,2-7,9,13-15,18-19H2,1H3,(H,31,33)/t20-,22+,28-/m1/s1. The Hall–Kier alpha value is -2.30. The molecule has 0 radical (unpaired) electrons. The van der Waals surface area contributed by atoms with Crippen LogP contribution in [0.15, 0.2) is 41.3 Å². The van der Waals surface area contributed by atoms with Crippen LogP contribution in [0.1, 0.15) is 63.0 Å². The quantitative estimate of drug-likeness (QED) is 0.454. The first kappa shape index (κ1) is 29.2. The van der Waals surface area contributed by atoms with Crippen molar-refractivity contribution >= 4 is 43.1 Å². The molecule has 0 aromatic heterocycles. The number of rotatable bonds is 0. The van der Waals surface area contributed by atoms with Crippen LogP contribution >= 0.6 is 11.6 Å². The minimum Gasteiger partial charge on any atom is -0.487 e. The van der Waals surface area contributed by atoms with Crippen molar-refractivity contribution in [3.8, 4) is 5.75 Å². The molecule has 1 saturated carbocycles. The van der Waals surface area contributed by atoms with Gasteiger partial charge in [-0.25, -0.2) is 21.6 Å². The zero-order chi connectivity index (χ0) is 28.5. The van der Waals surface area contributed by atoms with Crippen LogP contribution in [0.2, 0.25) is 5.02 Å². The molecule has 0 spiro atoms. The first-order chi connectivity index (χ1) is 19.0. The van der Waals surface area contributed by atoms with Gasteiger partial charge in [-0.3, -0.25) is 4.79 Å². The van der Waals surface area contributed by atoms with Crippen molar-refractivity contribution in [1.29, 1.82) is 0 Å². The van der Waals surface area contributed by atoms with E-state index in [2.05, 4.69) is 9.62 Å². The van der Waals surface area contributed by atoms with Crippen LogP contribution in [-0.4, -0.2) is 46.8 Å². The molecule has 0 saturated heterocycles. The van der Waals surface area contributed by atoms with Crippen molar-refractivity contribution in [2.75, 3.05) is 23.7 Å². The van der Waals surface area contributed by atoms with Gasteiger partial charge in [0.15, 0.2) is 9.84 Å². The molecule has 0 unspecified atom stereocenters. The maximum atomic E-state index is 13.3. The molecular weight excluding hydrogens is 572 g/mol. The molecular formula is C29H37ClN2O6S2. The summed E-state index contributed by atoms with van der Waals surface area (Å²) in [4.78, 5) is 14.8. The van der Waals surface area contributed by atoms with Crippen LogP contribution in [-0.2, 0) is 37.7 Å². The van der Waals surface area contributed by atoms with Crippen LogP contribution in [0.5, 0.6) is 5.75 Å². The molecule has 11 heteroatoms. The zero-order valence-corrected chi connectivity index (χ0v) is 25.2. The molecule has 2 aromatic rings. The van der Waals surface area contributed by atoms with Gasteiger partial charge < -0.3 is 9.64 Å². The summed E-state index contributed by atoms with van der Waals surface area (Å²) in [7, 11) is -7.39. The topological polar surface area (TPSA) is 110 Å². The molecule has 218 valence electrons. The number of hydrogen-bond donors (Lipinski definition) is 1. The average Bonchev–Trinajstić information content (AvgIpc) is 2.91. The molecule has 40 heavy (non-hydrogen) atoms. The van der Waals surface area contributed by atoms with Crippen LogP contribution in [0, 0.1) is 11.8 Å². The third-order valence-electron chi connectivity index (χ3n) is 8.52. The van der Waals surface area contributed by atoms with Crippen LogP contribution in [0.25, 0.3) is 0 Å². The van der Waals surface area contributed by atoms with Crippen LogP contribution in [0.3, 0.4) is 0 Å². The fraction of sp³-hybridized carbons (Fsp3) is 0.552. The molecule has 2 bridgehead atoms. The summed E-state index contributed by atoms with van der Waals surface area (Å²) in [5.74, 6) is -0.581. The van der Waals surface area contributed by atoms with Gasteiger partial charge in [0.1, 0.15) is 12.4 Å². The molecule has 1 amide bonds. The number of hydrogen-bond acceptors (Lipinski definition) is 7. The SMILES string of the molecule is C[C@@H]1CCCCS(=O)(=O)[C@@H]2CC[C@H]2CN2CCCCc3cc(Cl)ccc3COc3ccc(cc32)S(=O)(=O)NC1=O. The monoisotopic (exact) mass is 608 g/mol. The predicted molar refractivity (Wildman–Crippen MR) is 156 cm³/mol. The van der Waals surface area contributed by atoms with E-state index >= 15 is 0 Å². The van der Waals surface area contributed by atoms with Crippen molar-refractivity contribution in [1.82, 2.24) is 4.72 Å². The maximum absolute atomic E-state index is 13.3. The molecule has 2 aromatic carbocycles. The second-order valence-electron chi connectivity index (χ2n) is 11.3. The Kier molecular flexibility index (Phi) is 8.69. The molecule has 3 atom stereocenters. The minimum atomic E-state index is -4.11. The smallest absolute Gasteiger partial charge is 0.264 e. The number of carbonyl (C=O) groups excluding carboxylic acids is 1. The Morgan fingerprint density at radius 1 is 0.950 bits per heavy atom. The Bertz CT molecular complexity index is 1480. The number of aryl methyl sites for hydroxylation is 1. The second-order valence-corrected chi connectivity index (χ2v) is 15.8. The number of fused-ring (bicyclic) bond motifs is 3. The number of amides is 1. The first-order valence-corrected chi connectivity index (χ1v) is 17.7. The number of halogens is 1. The zero-order valence-electron chi connectivity index (χ0n) is 22.8. The summed E-state index contributed by atoms with van der Waals surface area (Å²) in [5.41, 5.74) is 2.73. The molecule has 2 aliphatic heterocycles. The second kappa shape index (κ2) is 11.9. The van der Waals surface area contributed by atoms with Gasteiger partial charge >= 0.3 is 0 Å². The Labute approximate surface area is 242 Å². The normalized spacial score (nSPS) is 27.0. The van der Waals surface area contributed by atoms with Crippen molar-refractivity contribution in [2.45, 2.75) is 75.0 Å². The largest absolute Gasteiger partial charge is 0.487 e. The van der Waals surface area contributed by atoms with Gasteiger partial charge in [0, 0.05) is 24.0 Å². The van der Waals surface area contributed by atoms with Gasteiger partial charge in [-0.15, -0.1) is 0 Å². The van der Waals surface area contributed by atoms with Gasteiger partial charge in [-0.1, -0.05) is 31.0 Å². The number of sulfone groups is 1. The fourth-order valence-corrected chi connectivity index (χ4v) is 9.42. The number of nitrogens with one attached hydrogen (secondary N) is 1. The summed E-state index contributed by atoms with van der Waals surface area (Å²) in [5, 5.41) is 0.269. The molecule has 1 fully saturated rings. The predicted octanol–water partition coefficient (Wildman–Crippen LogP) is 4.88. The van der Waals surface area contributed by atoms with E-state index in [9.17, 15) is 21.6 Å². The van der Waals surface area contributed by atoms with Gasteiger partial charge in [-0.2, -0.15) is 0 Å². The van der Waals surface area contributed by atoms with E-state index < -0.39 is 36.9 Å². The Balaban J connectivity index is 1.56.